The summed E-state index contributed by atoms with van der Waals surface area (Å²) in [6.45, 7) is 11.4. The average molecular weight is 362 g/mol. The standard InChI is InChI=1S/C22H26N4O/c1-15-7-5-9-19(17(15)3)24-11-13-25(14-12-24)22(27)20-18(4)23-21-16(2)8-6-10-26(20)21/h5-10H,11-14H2,1-4H3. The first-order chi connectivity index (χ1) is 13.0. The molecule has 1 aliphatic rings. The van der Waals surface area contributed by atoms with Crippen LogP contribution < -0.4 is 4.90 Å². The Morgan fingerprint density at radius 2 is 1.63 bits per heavy atom. The predicted octanol–water partition coefficient (Wildman–Crippen LogP) is 3.53. The molecule has 0 atom stereocenters. The molecular formula is C22H26N4O. The molecule has 0 N–H and O–H groups in total. The summed E-state index contributed by atoms with van der Waals surface area (Å²) in [6, 6.07) is 10.4. The van der Waals surface area contributed by atoms with E-state index in [4.69, 9.17) is 0 Å². The molecule has 0 radical (unpaired) electrons. The van der Waals surface area contributed by atoms with Gasteiger partial charge in [0, 0.05) is 38.1 Å². The molecule has 0 unspecified atom stereocenters. The lowest BCUT2D eigenvalue weighted by molar-refractivity contribution is 0.0739. The Morgan fingerprint density at radius 3 is 2.37 bits per heavy atom. The number of pyridine rings is 1. The highest BCUT2D eigenvalue weighted by atomic mass is 16.2. The highest BCUT2D eigenvalue weighted by molar-refractivity contribution is 5.95. The van der Waals surface area contributed by atoms with E-state index in [1.54, 1.807) is 0 Å². The van der Waals surface area contributed by atoms with Crippen molar-refractivity contribution in [3.63, 3.8) is 0 Å². The summed E-state index contributed by atoms with van der Waals surface area (Å²) in [5, 5.41) is 0. The number of hydrogen-bond acceptors (Lipinski definition) is 3. The normalized spacial score (nSPS) is 14.8. The van der Waals surface area contributed by atoms with Crippen molar-refractivity contribution in [2.45, 2.75) is 27.7 Å². The second-order valence-corrected chi connectivity index (χ2v) is 7.43. The Balaban J connectivity index is 1.55. The molecule has 1 aliphatic heterocycles. The van der Waals surface area contributed by atoms with Gasteiger partial charge in [-0.1, -0.05) is 18.2 Å². The fraction of sp³-hybridized carbons (Fsp3) is 0.364. The Bertz CT molecular complexity index is 1010. The second kappa shape index (κ2) is 6.72. The third-order valence-electron chi connectivity index (χ3n) is 5.71. The van der Waals surface area contributed by atoms with Crippen LogP contribution in [0, 0.1) is 27.7 Å². The summed E-state index contributed by atoms with van der Waals surface area (Å²) < 4.78 is 1.93. The molecule has 1 fully saturated rings. The van der Waals surface area contributed by atoms with Crippen molar-refractivity contribution < 1.29 is 4.79 Å². The molecule has 27 heavy (non-hydrogen) atoms. The molecule has 0 aliphatic carbocycles. The minimum atomic E-state index is 0.0752. The van der Waals surface area contributed by atoms with E-state index in [1.165, 1.54) is 16.8 Å². The SMILES string of the molecule is Cc1cccc(N2CCN(C(=O)c3c(C)nc4c(C)cccn34)CC2)c1C. The molecule has 2 aromatic heterocycles. The fourth-order valence-corrected chi connectivity index (χ4v) is 3.95. The number of fused-ring (bicyclic) bond motifs is 1. The maximum Gasteiger partial charge on any atom is 0.272 e. The molecule has 0 spiro atoms. The molecule has 4 rings (SSSR count). The van der Waals surface area contributed by atoms with Gasteiger partial charge in [0.25, 0.3) is 5.91 Å². The molecule has 0 bridgehead atoms. The summed E-state index contributed by atoms with van der Waals surface area (Å²) in [4.78, 5) is 22.2. The third-order valence-corrected chi connectivity index (χ3v) is 5.71. The number of rotatable bonds is 2. The molecule has 1 saturated heterocycles. The second-order valence-electron chi connectivity index (χ2n) is 7.43. The Labute approximate surface area is 160 Å². The molecule has 1 amide bonds. The number of aryl methyl sites for hydroxylation is 3. The number of aromatic nitrogens is 2. The maximum atomic E-state index is 13.2. The van der Waals surface area contributed by atoms with Crippen molar-refractivity contribution >= 4 is 17.2 Å². The molecule has 140 valence electrons. The van der Waals surface area contributed by atoms with Crippen molar-refractivity contribution in [2.24, 2.45) is 0 Å². The van der Waals surface area contributed by atoms with Gasteiger partial charge >= 0.3 is 0 Å². The van der Waals surface area contributed by atoms with Crippen molar-refractivity contribution in [1.82, 2.24) is 14.3 Å². The summed E-state index contributed by atoms with van der Waals surface area (Å²) in [7, 11) is 0. The number of nitrogens with zero attached hydrogens (tertiary/aromatic N) is 4. The minimum absolute atomic E-state index is 0.0752. The van der Waals surface area contributed by atoms with E-state index in [-0.39, 0.29) is 5.91 Å². The third kappa shape index (κ3) is 2.97. The van der Waals surface area contributed by atoms with Gasteiger partial charge in [-0.25, -0.2) is 4.98 Å². The van der Waals surface area contributed by atoms with Crippen LogP contribution in [-0.4, -0.2) is 46.4 Å². The topological polar surface area (TPSA) is 40.8 Å². The molecule has 3 heterocycles. The minimum Gasteiger partial charge on any atom is -0.368 e. The van der Waals surface area contributed by atoms with Gasteiger partial charge in [-0.2, -0.15) is 0 Å². The van der Waals surface area contributed by atoms with Gasteiger partial charge in [-0.3, -0.25) is 9.20 Å². The van der Waals surface area contributed by atoms with Crippen molar-refractivity contribution in [3.05, 3.63) is 64.6 Å². The fourth-order valence-electron chi connectivity index (χ4n) is 3.95. The Hall–Kier alpha value is -2.82. The predicted molar refractivity (Wildman–Crippen MR) is 109 cm³/mol. The quantitative estimate of drug-likeness (QED) is 0.700. The maximum absolute atomic E-state index is 13.2. The van der Waals surface area contributed by atoms with Gasteiger partial charge in [0.15, 0.2) is 0 Å². The van der Waals surface area contributed by atoms with Crippen molar-refractivity contribution in [3.8, 4) is 0 Å². The van der Waals surface area contributed by atoms with Gasteiger partial charge in [0.05, 0.1) is 5.69 Å². The number of imidazole rings is 1. The van der Waals surface area contributed by atoms with E-state index in [0.29, 0.717) is 5.69 Å². The van der Waals surface area contributed by atoms with Crippen LogP contribution in [0.3, 0.4) is 0 Å². The molecule has 0 saturated carbocycles. The highest BCUT2D eigenvalue weighted by Gasteiger charge is 2.27. The van der Waals surface area contributed by atoms with Crippen LogP contribution in [0.25, 0.3) is 5.65 Å². The monoisotopic (exact) mass is 362 g/mol. The zero-order chi connectivity index (χ0) is 19.1. The molecule has 5 nitrogen and oxygen atoms in total. The van der Waals surface area contributed by atoms with Gasteiger partial charge < -0.3 is 9.80 Å². The first-order valence-electron chi connectivity index (χ1n) is 9.52. The van der Waals surface area contributed by atoms with E-state index in [2.05, 4.69) is 41.9 Å². The molecular weight excluding hydrogens is 336 g/mol. The number of carbonyl (C=O) groups is 1. The molecule has 1 aromatic carbocycles. The number of carbonyl (C=O) groups excluding carboxylic acids is 1. The van der Waals surface area contributed by atoms with E-state index >= 15 is 0 Å². The number of anilines is 1. The van der Waals surface area contributed by atoms with Crippen LogP contribution >= 0.6 is 0 Å². The van der Waals surface area contributed by atoms with Gasteiger partial charge in [-0.15, -0.1) is 0 Å². The summed E-state index contributed by atoms with van der Waals surface area (Å²) in [6.07, 6.45) is 1.93. The molecule has 5 heteroatoms. The van der Waals surface area contributed by atoms with E-state index in [0.717, 1.165) is 43.1 Å². The van der Waals surface area contributed by atoms with Crippen LogP contribution in [0.5, 0.6) is 0 Å². The van der Waals surface area contributed by atoms with Crippen LogP contribution in [0.15, 0.2) is 36.5 Å². The first-order valence-corrected chi connectivity index (χ1v) is 9.52. The lowest BCUT2D eigenvalue weighted by atomic mass is 10.1. The van der Waals surface area contributed by atoms with Gasteiger partial charge in [0.1, 0.15) is 11.3 Å². The van der Waals surface area contributed by atoms with E-state index < -0.39 is 0 Å². The average Bonchev–Trinajstić information content (AvgIpc) is 3.01. The van der Waals surface area contributed by atoms with Crippen LogP contribution in [0.1, 0.15) is 32.9 Å². The zero-order valence-electron chi connectivity index (χ0n) is 16.5. The smallest absolute Gasteiger partial charge is 0.272 e. The Kier molecular flexibility index (Phi) is 4.38. The van der Waals surface area contributed by atoms with Gasteiger partial charge in [-0.05, 0) is 56.5 Å². The number of amides is 1. The van der Waals surface area contributed by atoms with E-state index in [1.807, 2.05) is 41.5 Å². The lowest BCUT2D eigenvalue weighted by Gasteiger charge is -2.37. The van der Waals surface area contributed by atoms with Crippen molar-refractivity contribution in [1.29, 1.82) is 0 Å². The summed E-state index contributed by atoms with van der Waals surface area (Å²) >= 11 is 0. The highest BCUT2D eigenvalue weighted by Crippen LogP contribution is 2.25. The van der Waals surface area contributed by atoms with Crippen LogP contribution in [0.4, 0.5) is 5.69 Å². The number of piperazine rings is 1. The van der Waals surface area contributed by atoms with Gasteiger partial charge in [0.2, 0.25) is 0 Å². The van der Waals surface area contributed by atoms with Crippen LogP contribution in [-0.2, 0) is 0 Å². The summed E-state index contributed by atoms with van der Waals surface area (Å²) in [5.74, 6) is 0.0752. The van der Waals surface area contributed by atoms with Crippen molar-refractivity contribution in [2.75, 3.05) is 31.1 Å². The number of hydrogen-bond donors (Lipinski definition) is 0. The zero-order valence-corrected chi connectivity index (χ0v) is 16.5. The largest absolute Gasteiger partial charge is 0.368 e. The first kappa shape index (κ1) is 17.6. The van der Waals surface area contributed by atoms with E-state index in [9.17, 15) is 4.79 Å². The van der Waals surface area contributed by atoms with Crippen LogP contribution in [0.2, 0.25) is 0 Å². The number of benzene rings is 1. The summed E-state index contributed by atoms with van der Waals surface area (Å²) in [5.41, 5.74) is 7.35. The lowest BCUT2D eigenvalue weighted by Crippen LogP contribution is -2.49. The Morgan fingerprint density at radius 1 is 0.926 bits per heavy atom. The molecule has 3 aromatic rings.